The molecule has 6 nitrogen and oxygen atoms in total. The van der Waals surface area contributed by atoms with Gasteiger partial charge in [0.25, 0.3) is 0 Å². The number of halogens is 3. The van der Waals surface area contributed by atoms with E-state index in [9.17, 15) is 9.59 Å². The van der Waals surface area contributed by atoms with Gasteiger partial charge in [-0.2, -0.15) is 0 Å². The molecular weight excluding hydrogens is 431 g/mol. The summed E-state index contributed by atoms with van der Waals surface area (Å²) >= 11 is 23.1. The highest BCUT2D eigenvalue weighted by Gasteiger charge is 2.34. The van der Waals surface area contributed by atoms with Crippen molar-refractivity contribution in [1.29, 1.82) is 0 Å². The van der Waals surface area contributed by atoms with E-state index in [1.807, 2.05) is 0 Å². The molecule has 10 heteroatoms. The van der Waals surface area contributed by atoms with E-state index in [4.69, 9.17) is 47.0 Å². The van der Waals surface area contributed by atoms with Crippen molar-refractivity contribution in [2.24, 2.45) is 0 Å². The minimum Gasteiger partial charge on any atom is -0.339 e. The molecule has 2 amide bonds. The summed E-state index contributed by atoms with van der Waals surface area (Å²) in [6.07, 6.45) is 2.08. The molecule has 0 fully saturated rings. The van der Waals surface area contributed by atoms with Crippen LogP contribution in [0.1, 0.15) is 39.5 Å². The molecule has 27 heavy (non-hydrogen) atoms. The molecule has 0 saturated carbocycles. The number of carbonyl (C=O) groups excluding carboxylic acids is 2. The van der Waals surface area contributed by atoms with Crippen molar-refractivity contribution >= 4 is 75.3 Å². The summed E-state index contributed by atoms with van der Waals surface area (Å²) in [6.45, 7) is 3.48. The summed E-state index contributed by atoms with van der Waals surface area (Å²) in [6, 6.07) is 6.89. The largest absolute Gasteiger partial charge is 0.339 e. The van der Waals surface area contributed by atoms with Crippen LogP contribution in [0, 0.1) is 0 Å². The smallest absolute Gasteiger partial charge is 0.228 e. The van der Waals surface area contributed by atoms with Gasteiger partial charge in [-0.25, -0.2) is 0 Å². The van der Waals surface area contributed by atoms with E-state index in [2.05, 4.69) is 28.2 Å². The van der Waals surface area contributed by atoms with Crippen LogP contribution < -0.4 is 21.3 Å². The predicted octanol–water partition coefficient (Wildman–Crippen LogP) is 4.32. The monoisotopic (exact) mass is 452 g/mol. The lowest BCUT2D eigenvalue weighted by Gasteiger charge is -2.27. The molecule has 0 saturated heterocycles. The quantitative estimate of drug-likeness (QED) is 0.204. The van der Waals surface area contributed by atoms with Crippen molar-refractivity contribution in [2.75, 3.05) is 10.6 Å². The van der Waals surface area contributed by atoms with E-state index >= 15 is 0 Å². The molecule has 4 N–H and O–H groups in total. The third-order valence-corrected chi connectivity index (χ3v) is 4.25. The Kier molecular flexibility index (Phi) is 10.2. The molecule has 1 rings (SSSR count). The van der Waals surface area contributed by atoms with Crippen molar-refractivity contribution in [1.82, 2.24) is 10.6 Å². The molecular formula is C17H23Cl3N4O2S. The molecule has 1 aromatic rings. The van der Waals surface area contributed by atoms with Crippen LogP contribution in [0.3, 0.4) is 0 Å². The standard InChI is InChI=1S/C17H23Cl3N4O2S/c1-3-4-5-6-14(26)23-15(17(18,19)20)24-16(27)22-13-9-7-12(8-10-13)21-11(2)25/h7-10,15H,3-6H2,1-2H3,(H,21,25)(H,23,26)(H2,22,24,27)/t15-/m0/s1. The van der Waals surface area contributed by atoms with E-state index in [1.54, 1.807) is 24.3 Å². The first-order chi connectivity index (χ1) is 12.6. The lowest BCUT2D eigenvalue weighted by Crippen LogP contribution is -2.56. The maximum atomic E-state index is 12.0. The summed E-state index contributed by atoms with van der Waals surface area (Å²) in [7, 11) is 0. The average Bonchev–Trinajstić information content (AvgIpc) is 2.55. The predicted molar refractivity (Wildman–Crippen MR) is 116 cm³/mol. The van der Waals surface area contributed by atoms with E-state index in [1.165, 1.54) is 6.92 Å². The fourth-order valence-electron chi connectivity index (χ4n) is 2.11. The fraction of sp³-hybridized carbons (Fsp3) is 0.471. The highest BCUT2D eigenvalue weighted by atomic mass is 35.6. The summed E-state index contributed by atoms with van der Waals surface area (Å²) in [5, 5.41) is 11.2. The summed E-state index contributed by atoms with van der Waals surface area (Å²) < 4.78 is -1.79. The molecule has 0 heterocycles. The molecule has 0 spiro atoms. The van der Waals surface area contributed by atoms with Gasteiger partial charge in [0, 0.05) is 24.7 Å². The second kappa shape index (κ2) is 11.5. The summed E-state index contributed by atoms with van der Waals surface area (Å²) in [5.41, 5.74) is 1.32. The zero-order valence-corrected chi connectivity index (χ0v) is 18.2. The Hall–Kier alpha value is -1.28. The molecule has 0 aromatic heterocycles. The molecule has 1 atom stereocenters. The van der Waals surface area contributed by atoms with E-state index in [0.29, 0.717) is 17.8 Å². The van der Waals surface area contributed by atoms with Crippen LogP contribution in [-0.2, 0) is 9.59 Å². The lowest BCUT2D eigenvalue weighted by molar-refractivity contribution is -0.122. The van der Waals surface area contributed by atoms with Gasteiger partial charge in [0.05, 0.1) is 0 Å². The van der Waals surface area contributed by atoms with Gasteiger partial charge in [0.2, 0.25) is 15.6 Å². The maximum Gasteiger partial charge on any atom is 0.228 e. The number of anilines is 2. The van der Waals surface area contributed by atoms with Crippen molar-refractivity contribution in [3.8, 4) is 0 Å². The lowest BCUT2D eigenvalue weighted by atomic mass is 10.2. The number of alkyl halides is 3. The first kappa shape index (κ1) is 23.8. The number of rotatable bonds is 8. The Bertz CT molecular complexity index is 651. The Morgan fingerprint density at radius 1 is 1.04 bits per heavy atom. The van der Waals surface area contributed by atoms with Gasteiger partial charge in [-0.05, 0) is 42.9 Å². The molecule has 150 valence electrons. The molecule has 0 aliphatic carbocycles. The van der Waals surface area contributed by atoms with Gasteiger partial charge in [-0.1, -0.05) is 54.6 Å². The average molecular weight is 454 g/mol. The SMILES string of the molecule is CCCCCC(=O)N[C@@H](NC(=S)Nc1ccc(NC(C)=O)cc1)C(Cl)(Cl)Cl. The van der Waals surface area contributed by atoms with Crippen molar-refractivity contribution in [3.05, 3.63) is 24.3 Å². The summed E-state index contributed by atoms with van der Waals surface area (Å²) in [4.78, 5) is 23.0. The first-order valence-electron chi connectivity index (χ1n) is 8.43. The van der Waals surface area contributed by atoms with Crippen molar-refractivity contribution in [2.45, 2.75) is 49.5 Å². The molecule has 0 bridgehead atoms. The highest BCUT2D eigenvalue weighted by molar-refractivity contribution is 7.80. The number of amides is 2. The van der Waals surface area contributed by atoms with Crippen LogP contribution in [-0.4, -0.2) is 26.9 Å². The van der Waals surface area contributed by atoms with Crippen LogP contribution >= 0.6 is 47.0 Å². The number of benzene rings is 1. The third-order valence-electron chi connectivity index (χ3n) is 3.38. The number of carbonyl (C=O) groups is 2. The van der Waals surface area contributed by atoms with Crippen LogP contribution in [0.4, 0.5) is 11.4 Å². The Balaban J connectivity index is 2.63. The molecule has 0 radical (unpaired) electrons. The number of hydrogen-bond acceptors (Lipinski definition) is 3. The van der Waals surface area contributed by atoms with Crippen LogP contribution in [0.15, 0.2) is 24.3 Å². The normalized spacial score (nSPS) is 12.0. The third kappa shape index (κ3) is 10.0. The number of unbranched alkanes of at least 4 members (excludes halogenated alkanes) is 2. The minimum absolute atomic E-state index is 0.159. The van der Waals surface area contributed by atoms with Gasteiger partial charge < -0.3 is 21.3 Å². The molecule has 0 aliphatic rings. The zero-order valence-electron chi connectivity index (χ0n) is 15.1. The number of hydrogen-bond donors (Lipinski definition) is 4. The number of thiocarbonyl (C=S) groups is 1. The van der Waals surface area contributed by atoms with Crippen molar-refractivity contribution < 1.29 is 9.59 Å². The van der Waals surface area contributed by atoms with Gasteiger partial charge >= 0.3 is 0 Å². The highest BCUT2D eigenvalue weighted by Crippen LogP contribution is 2.29. The van der Waals surface area contributed by atoms with E-state index in [-0.39, 0.29) is 16.9 Å². The topological polar surface area (TPSA) is 82.3 Å². The molecule has 0 aliphatic heterocycles. The Morgan fingerprint density at radius 2 is 1.59 bits per heavy atom. The Morgan fingerprint density at radius 3 is 2.07 bits per heavy atom. The van der Waals surface area contributed by atoms with E-state index in [0.717, 1.165) is 19.3 Å². The van der Waals surface area contributed by atoms with Crippen LogP contribution in [0.2, 0.25) is 0 Å². The van der Waals surface area contributed by atoms with Crippen LogP contribution in [0.5, 0.6) is 0 Å². The number of nitrogens with one attached hydrogen (secondary N) is 4. The van der Waals surface area contributed by atoms with Gasteiger partial charge in [-0.15, -0.1) is 0 Å². The second-order valence-electron chi connectivity index (χ2n) is 5.86. The molecule has 0 unspecified atom stereocenters. The summed E-state index contributed by atoms with van der Waals surface area (Å²) in [5.74, 6) is -0.386. The van der Waals surface area contributed by atoms with Gasteiger partial charge in [0.15, 0.2) is 5.11 Å². The maximum absolute atomic E-state index is 12.0. The zero-order chi connectivity index (χ0) is 20.4. The van der Waals surface area contributed by atoms with Crippen LogP contribution in [0.25, 0.3) is 0 Å². The second-order valence-corrected chi connectivity index (χ2v) is 8.63. The van der Waals surface area contributed by atoms with Gasteiger partial charge in [-0.3, -0.25) is 9.59 Å². The first-order valence-corrected chi connectivity index (χ1v) is 9.97. The van der Waals surface area contributed by atoms with Gasteiger partial charge in [0.1, 0.15) is 6.17 Å². The van der Waals surface area contributed by atoms with Crippen molar-refractivity contribution in [3.63, 3.8) is 0 Å². The fourth-order valence-corrected chi connectivity index (χ4v) is 2.67. The van der Waals surface area contributed by atoms with E-state index < -0.39 is 9.96 Å². The molecule has 1 aromatic carbocycles. The Labute approximate surface area is 179 Å². The minimum atomic E-state index is -1.79.